The second kappa shape index (κ2) is 12.3. The zero-order valence-electron chi connectivity index (χ0n) is 22.2. The zero-order valence-corrected chi connectivity index (χ0v) is 22.2. The van der Waals surface area contributed by atoms with Crippen LogP contribution in [0.1, 0.15) is 11.1 Å². The number of nitrogens with zero attached hydrogens (tertiary/aromatic N) is 9. The molecule has 2 atom stereocenters. The summed E-state index contributed by atoms with van der Waals surface area (Å²) in [5.74, 6) is 1.59. The molecule has 13 heteroatoms. The number of morpholine rings is 1. The second-order valence-electron chi connectivity index (χ2n) is 9.91. The molecule has 3 N–H and O–H groups in total. The van der Waals surface area contributed by atoms with Gasteiger partial charge in [-0.1, -0.05) is 30.3 Å². The first-order valence-corrected chi connectivity index (χ1v) is 13.5. The summed E-state index contributed by atoms with van der Waals surface area (Å²) in [6, 6.07) is 10.1. The van der Waals surface area contributed by atoms with E-state index < -0.39 is 0 Å². The number of aliphatic hydroxyl groups is 1. The maximum atomic E-state index is 10.2. The number of ether oxygens (including phenoxy) is 1. The van der Waals surface area contributed by atoms with Gasteiger partial charge in [0.1, 0.15) is 6.33 Å². The molecule has 1 unspecified atom stereocenters. The van der Waals surface area contributed by atoms with E-state index in [-0.39, 0.29) is 18.8 Å². The van der Waals surface area contributed by atoms with Crippen molar-refractivity contribution in [1.29, 1.82) is 0 Å². The van der Waals surface area contributed by atoms with Crippen molar-refractivity contribution < 1.29 is 9.84 Å². The van der Waals surface area contributed by atoms with Crippen molar-refractivity contribution in [2.75, 3.05) is 61.1 Å². The van der Waals surface area contributed by atoms with Gasteiger partial charge in [-0.2, -0.15) is 10.1 Å². The van der Waals surface area contributed by atoms with E-state index >= 15 is 0 Å². The van der Waals surface area contributed by atoms with Crippen LogP contribution in [0.4, 0.5) is 23.5 Å². The smallest absolute Gasteiger partial charge is 0.232 e. The topological polar surface area (TPSA) is 142 Å². The highest BCUT2D eigenvalue weighted by molar-refractivity contribution is 5.52. The summed E-state index contributed by atoms with van der Waals surface area (Å²) in [4.78, 5) is 26.6. The largest absolute Gasteiger partial charge is 0.394 e. The molecule has 0 bridgehead atoms. The van der Waals surface area contributed by atoms with Crippen molar-refractivity contribution in [3.8, 4) is 0 Å². The Labute approximate surface area is 232 Å². The van der Waals surface area contributed by atoms with E-state index in [0.29, 0.717) is 50.6 Å². The molecular formula is C27H33N11O2. The van der Waals surface area contributed by atoms with Gasteiger partial charge in [0.2, 0.25) is 17.8 Å². The number of rotatable bonds is 9. The summed E-state index contributed by atoms with van der Waals surface area (Å²) in [5.41, 5.74) is 3.04. The van der Waals surface area contributed by atoms with Crippen LogP contribution in [-0.2, 0) is 17.7 Å². The van der Waals surface area contributed by atoms with E-state index in [1.165, 1.54) is 11.9 Å². The lowest BCUT2D eigenvalue weighted by Gasteiger charge is -2.40. The lowest BCUT2D eigenvalue weighted by Crippen LogP contribution is -2.56. The molecule has 0 amide bonds. The van der Waals surface area contributed by atoms with E-state index in [0.717, 1.165) is 30.8 Å². The summed E-state index contributed by atoms with van der Waals surface area (Å²) in [5, 5.41) is 21.2. The molecule has 2 saturated heterocycles. The number of hydrogen-bond acceptors (Lipinski definition) is 12. The van der Waals surface area contributed by atoms with Crippen LogP contribution in [-0.4, -0.2) is 97.9 Å². The average molecular weight is 544 g/mol. The van der Waals surface area contributed by atoms with Crippen LogP contribution in [0.25, 0.3) is 0 Å². The second-order valence-corrected chi connectivity index (χ2v) is 9.91. The summed E-state index contributed by atoms with van der Waals surface area (Å²) in [7, 11) is 0. The first kappa shape index (κ1) is 26.0. The van der Waals surface area contributed by atoms with Crippen LogP contribution in [0.5, 0.6) is 0 Å². The van der Waals surface area contributed by atoms with Gasteiger partial charge in [-0.15, -0.1) is 0 Å². The Hall–Kier alpha value is -4.20. The minimum absolute atomic E-state index is 0.0404. The number of benzene rings is 1. The zero-order chi connectivity index (χ0) is 27.1. The first-order valence-electron chi connectivity index (χ1n) is 13.5. The minimum Gasteiger partial charge on any atom is -0.394 e. The van der Waals surface area contributed by atoms with Gasteiger partial charge in [0.15, 0.2) is 0 Å². The highest BCUT2D eigenvalue weighted by atomic mass is 16.5. The highest BCUT2D eigenvalue weighted by Gasteiger charge is 2.30. The fraction of sp³-hybridized carbons (Fsp3) is 0.407. The molecule has 6 rings (SSSR count). The lowest BCUT2D eigenvalue weighted by atomic mass is 10.1. The standard InChI is InChI=1S/C27H33N11O2/c39-18-23-16-36(7-8-38(23)26-29-11-21(12-30-26)10-20-4-2-1-3-5-20)27-32-19-31-25(35-27)34-22-13-33-37(15-22)17-24-14-28-6-9-40-24/h1-5,11-13,15,19,23-24,28,39H,6-10,14,16-18H2,(H,31,32,34,35)/t23-,24?/m0/s1. The van der Waals surface area contributed by atoms with Gasteiger partial charge < -0.3 is 30.3 Å². The molecule has 5 heterocycles. The van der Waals surface area contributed by atoms with Crippen LogP contribution in [0.2, 0.25) is 0 Å². The Kier molecular flexibility index (Phi) is 8.02. The fourth-order valence-corrected chi connectivity index (χ4v) is 4.98. The Morgan fingerprint density at radius 2 is 1.88 bits per heavy atom. The summed E-state index contributed by atoms with van der Waals surface area (Å²) in [6.45, 7) is 4.85. The van der Waals surface area contributed by atoms with E-state index in [9.17, 15) is 5.11 Å². The maximum absolute atomic E-state index is 10.2. The monoisotopic (exact) mass is 543 g/mol. The molecule has 2 aliphatic rings. The molecule has 0 radical (unpaired) electrons. The van der Waals surface area contributed by atoms with Crippen LogP contribution in [0.15, 0.2) is 61.4 Å². The Morgan fingerprint density at radius 1 is 1.00 bits per heavy atom. The van der Waals surface area contributed by atoms with Crippen molar-refractivity contribution in [3.63, 3.8) is 0 Å². The average Bonchev–Trinajstić information content (AvgIpc) is 3.44. The number of nitrogens with one attached hydrogen (secondary N) is 2. The third-order valence-electron chi connectivity index (χ3n) is 7.02. The molecule has 2 fully saturated rings. The predicted octanol–water partition coefficient (Wildman–Crippen LogP) is 0.868. The molecule has 40 heavy (non-hydrogen) atoms. The molecule has 4 aromatic rings. The van der Waals surface area contributed by atoms with Gasteiger partial charge in [0.25, 0.3) is 0 Å². The van der Waals surface area contributed by atoms with E-state index in [1.54, 1.807) is 6.20 Å². The van der Waals surface area contributed by atoms with Gasteiger partial charge in [0, 0.05) is 57.7 Å². The molecule has 1 aromatic carbocycles. The van der Waals surface area contributed by atoms with Gasteiger partial charge in [0.05, 0.1) is 43.8 Å². The normalized spacial score (nSPS) is 19.5. The molecule has 0 spiro atoms. The first-order chi connectivity index (χ1) is 19.7. The summed E-state index contributed by atoms with van der Waals surface area (Å²) in [6.07, 6.45) is 9.74. The van der Waals surface area contributed by atoms with E-state index in [2.05, 4.69) is 52.8 Å². The molecular weight excluding hydrogens is 510 g/mol. The van der Waals surface area contributed by atoms with Crippen LogP contribution < -0.4 is 20.4 Å². The fourth-order valence-electron chi connectivity index (χ4n) is 4.98. The van der Waals surface area contributed by atoms with Crippen LogP contribution >= 0.6 is 0 Å². The molecule has 2 aliphatic heterocycles. The maximum Gasteiger partial charge on any atom is 0.232 e. The number of aliphatic hydroxyl groups excluding tert-OH is 1. The minimum atomic E-state index is -0.198. The highest BCUT2D eigenvalue weighted by Crippen LogP contribution is 2.21. The van der Waals surface area contributed by atoms with Gasteiger partial charge in [-0.3, -0.25) is 4.68 Å². The molecule has 13 nitrogen and oxygen atoms in total. The summed E-state index contributed by atoms with van der Waals surface area (Å²) >= 11 is 0. The quantitative estimate of drug-likeness (QED) is 0.276. The lowest BCUT2D eigenvalue weighted by molar-refractivity contribution is 0.0161. The Morgan fingerprint density at radius 3 is 2.67 bits per heavy atom. The molecule has 3 aromatic heterocycles. The number of aromatic nitrogens is 7. The predicted molar refractivity (Wildman–Crippen MR) is 150 cm³/mol. The van der Waals surface area contributed by atoms with E-state index in [4.69, 9.17) is 4.74 Å². The Balaban J connectivity index is 1.07. The molecule has 0 saturated carbocycles. The van der Waals surface area contributed by atoms with Gasteiger partial charge in [-0.05, 0) is 11.1 Å². The van der Waals surface area contributed by atoms with Crippen molar-refractivity contribution in [2.24, 2.45) is 0 Å². The number of anilines is 4. The number of piperazine rings is 1. The third-order valence-corrected chi connectivity index (χ3v) is 7.02. The van der Waals surface area contributed by atoms with Crippen molar-refractivity contribution in [1.82, 2.24) is 40.0 Å². The van der Waals surface area contributed by atoms with Gasteiger partial charge >= 0.3 is 0 Å². The number of hydrogen-bond donors (Lipinski definition) is 3. The van der Waals surface area contributed by atoms with Crippen LogP contribution in [0.3, 0.4) is 0 Å². The SMILES string of the molecule is OC[C@@H]1CN(c2ncnc(Nc3cnn(CC4CNCCO4)c3)n2)CCN1c1ncc(Cc2ccccc2)cn1. The molecule has 0 aliphatic carbocycles. The van der Waals surface area contributed by atoms with E-state index in [1.807, 2.05) is 51.3 Å². The summed E-state index contributed by atoms with van der Waals surface area (Å²) < 4.78 is 7.61. The Bertz CT molecular complexity index is 1360. The van der Waals surface area contributed by atoms with Gasteiger partial charge in [-0.25, -0.2) is 19.9 Å². The van der Waals surface area contributed by atoms with Crippen molar-refractivity contribution >= 4 is 23.5 Å². The van der Waals surface area contributed by atoms with Crippen LogP contribution in [0, 0.1) is 0 Å². The van der Waals surface area contributed by atoms with Crippen molar-refractivity contribution in [3.05, 3.63) is 72.6 Å². The molecule has 208 valence electrons. The third kappa shape index (κ3) is 6.33. The van der Waals surface area contributed by atoms with Crippen molar-refractivity contribution in [2.45, 2.75) is 25.1 Å².